The van der Waals surface area contributed by atoms with E-state index in [2.05, 4.69) is 39.2 Å². The Morgan fingerprint density at radius 3 is 2.52 bits per heavy atom. The van der Waals surface area contributed by atoms with Crippen molar-refractivity contribution in [3.8, 4) is 0 Å². The molecule has 0 saturated carbocycles. The Morgan fingerprint density at radius 1 is 1.11 bits per heavy atom. The SMILES string of the molecule is CCNC(=O)C1=CCCC(N2CCCN(C3CCN(C(C)C)CC3)CC2)N1. The number of piperidine rings is 1. The summed E-state index contributed by atoms with van der Waals surface area (Å²) in [7, 11) is 0. The molecule has 0 aromatic rings. The van der Waals surface area contributed by atoms with Crippen LogP contribution in [0, 0.1) is 0 Å². The van der Waals surface area contributed by atoms with Gasteiger partial charge in [-0.15, -0.1) is 0 Å². The molecule has 2 fully saturated rings. The van der Waals surface area contributed by atoms with E-state index < -0.39 is 0 Å². The van der Waals surface area contributed by atoms with Crippen LogP contribution in [0.5, 0.6) is 0 Å². The minimum absolute atomic E-state index is 0.0376. The first-order valence-electron chi connectivity index (χ1n) is 11.1. The number of allylic oxidation sites excluding steroid dienone is 1. The molecule has 1 amide bonds. The Bertz CT molecular complexity index is 513. The smallest absolute Gasteiger partial charge is 0.267 e. The Labute approximate surface area is 165 Å². The van der Waals surface area contributed by atoms with Crippen LogP contribution < -0.4 is 10.6 Å². The lowest BCUT2D eigenvalue weighted by Gasteiger charge is -2.40. The number of nitrogens with one attached hydrogen (secondary N) is 2. The first-order chi connectivity index (χ1) is 13.1. The third kappa shape index (κ3) is 5.46. The summed E-state index contributed by atoms with van der Waals surface area (Å²) in [6.45, 7) is 14.4. The minimum Gasteiger partial charge on any atom is -0.365 e. The van der Waals surface area contributed by atoms with Crippen molar-refractivity contribution in [1.29, 1.82) is 0 Å². The number of carbonyl (C=O) groups excluding carboxylic acids is 1. The highest BCUT2D eigenvalue weighted by Crippen LogP contribution is 2.21. The van der Waals surface area contributed by atoms with E-state index >= 15 is 0 Å². The highest BCUT2D eigenvalue weighted by atomic mass is 16.2. The van der Waals surface area contributed by atoms with Crippen LogP contribution in [0.1, 0.15) is 52.9 Å². The third-order valence-corrected chi connectivity index (χ3v) is 6.44. The van der Waals surface area contributed by atoms with Gasteiger partial charge in [0.25, 0.3) is 5.91 Å². The highest BCUT2D eigenvalue weighted by molar-refractivity contribution is 5.92. The molecule has 0 aromatic heterocycles. The molecule has 0 spiro atoms. The summed E-state index contributed by atoms with van der Waals surface area (Å²) in [5.74, 6) is 0.0376. The van der Waals surface area contributed by atoms with Crippen molar-refractivity contribution in [2.75, 3.05) is 45.8 Å². The molecule has 6 heteroatoms. The van der Waals surface area contributed by atoms with Gasteiger partial charge in [0.2, 0.25) is 0 Å². The maximum Gasteiger partial charge on any atom is 0.267 e. The standard InChI is InChI=1S/C21H39N5O/c1-4-22-21(27)19-7-5-8-20(23-19)26-12-6-11-25(15-16-26)18-9-13-24(14-10-18)17(2)3/h7,17-18,20,23H,4-6,8-16H2,1-3H3,(H,22,27). The van der Waals surface area contributed by atoms with Gasteiger partial charge in [-0.25, -0.2) is 0 Å². The van der Waals surface area contributed by atoms with Gasteiger partial charge in [-0.1, -0.05) is 6.08 Å². The molecule has 1 unspecified atom stereocenters. The summed E-state index contributed by atoms with van der Waals surface area (Å²) in [6.07, 6.45) is 8.27. The van der Waals surface area contributed by atoms with E-state index in [0.29, 0.717) is 18.8 Å². The molecule has 3 aliphatic heterocycles. The molecule has 0 radical (unpaired) electrons. The second-order valence-corrected chi connectivity index (χ2v) is 8.50. The zero-order valence-corrected chi connectivity index (χ0v) is 17.5. The van der Waals surface area contributed by atoms with Gasteiger partial charge in [0.05, 0.1) is 11.9 Å². The van der Waals surface area contributed by atoms with Gasteiger partial charge in [-0.3, -0.25) is 14.6 Å². The molecule has 6 nitrogen and oxygen atoms in total. The predicted octanol–water partition coefficient (Wildman–Crippen LogP) is 1.60. The fourth-order valence-electron chi connectivity index (χ4n) is 4.79. The summed E-state index contributed by atoms with van der Waals surface area (Å²) in [6, 6.07) is 1.43. The summed E-state index contributed by atoms with van der Waals surface area (Å²) in [5.41, 5.74) is 0.760. The van der Waals surface area contributed by atoms with Crippen molar-refractivity contribution in [3.05, 3.63) is 11.8 Å². The number of likely N-dealkylation sites (tertiary alicyclic amines) is 1. The number of nitrogens with zero attached hydrogens (tertiary/aromatic N) is 3. The largest absolute Gasteiger partial charge is 0.365 e. The molecule has 3 rings (SSSR count). The molecule has 0 bridgehead atoms. The second-order valence-electron chi connectivity index (χ2n) is 8.50. The van der Waals surface area contributed by atoms with Gasteiger partial charge >= 0.3 is 0 Å². The van der Waals surface area contributed by atoms with Crippen molar-refractivity contribution in [2.24, 2.45) is 0 Å². The molecule has 3 aliphatic rings. The quantitative estimate of drug-likeness (QED) is 0.762. The molecular weight excluding hydrogens is 338 g/mol. The van der Waals surface area contributed by atoms with Crippen molar-refractivity contribution >= 4 is 5.91 Å². The molecule has 1 atom stereocenters. The van der Waals surface area contributed by atoms with E-state index in [-0.39, 0.29) is 5.91 Å². The summed E-state index contributed by atoms with van der Waals surface area (Å²) < 4.78 is 0. The number of amides is 1. The average Bonchev–Trinajstić information content (AvgIpc) is 2.94. The zero-order valence-electron chi connectivity index (χ0n) is 17.5. The van der Waals surface area contributed by atoms with Crippen LogP contribution in [0.2, 0.25) is 0 Å². The summed E-state index contributed by atoms with van der Waals surface area (Å²) in [5, 5.41) is 6.41. The number of likely N-dealkylation sites (N-methyl/N-ethyl adjacent to an activating group) is 1. The van der Waals surface area contributed by atoms with Crippen LogP contribution in [0.15, 0.2) is 11.8 Å². The monoisotopic (exact) mass is 377 g/mol. The lowest BCUT2D eigenvalue weighted by Crippen LogP contribution is -2.51. The normalized spacial score (nSPS) is 27.1. The number of hydrogen-bond acceptors (Lipinski definition) is 5. The Kier molecular flexibility index (Phi) is 7.56. The lowest BCUT2D eigenvalue weighted by molar-refractivity contribution is -0.118. The van der Waals surface area contributed by atoms with Gasteiger partial charge in [-0.2, -0.15) is 0 Å². The average molecular weight is 378 g/mol. The Morgan fingerprint density at radius 2 is 1.81 bits per heavy atom. The van der Waals surface area contributed by atoms with E-state index in [1.54, 1.807) is 0 Å². The van der Waals surface area contributed by atoms with Crippen LogP contribution in [-0.2, 0) is 4.79 Å². The van der Waals surface area contributed by atoms with Crippen LogP contribution in [0.3, 0.4) is 0 Å². The van der Waals surface area contributed by atoms with Crippen LogP contribution >= 0.6 is 0 Å². The van der Waals surface area contributed by atoms with Crippen molar-refractivity contribution in [1.82, 2.24) is 25.3 Å². The fraction of sp³-hybridized carbons (Fsp3) is 0.857. The summed E-state index contributed by atoms with van der Waals surface area (Å²) in [4.78, 5) is 20.1. The van der Waals surface area contributed by atoms with Gasteiger partial charge in [0.15, 0.2) is 0 Å². The topological polar surface area (TPSA) is 50.9 Å². The minimum atomic E-state index is 0.0376. The van der Waals surface area contributed by atoms with E-state index in [1.807, 2.05) is 13.0 Å². The molecule has 0 aliphatic carbocycles. The van der Waals surface area contributed by atoms with Crippen LogP contribution in [0.4, 0.5) is 0 Å². The number of carbonyl (C=O) groups is 1. The maximum absolute atomic E-state index is 12.2. The highest BCUT2D eigenvalue weighted by Gasteiger charge is 2.30. The fourth-order valence-corrected chi connectivity index (χ4v) is 4.79. The molecule has 3 heterocycles. The predicted molar refractivity (Wildman–Crippen MR) is 110 cm³/mol. The van der Waals surface area contributed by atoms with Crippen LogP contribution in [0.25, 0.3) is 0 Å². The molecule has 154 valence electrons. The van der Waals surface area contributed by atoms with Crippen molar-refractivity contribution in [3.63, 3.8) is 0 Å². The first kappa shape index (κ1) is 20.6. The summed E-state index contributed by atoms with van der Waals surface area (Å²) >= 11 is 0. The molecule has 2 saturated heterocycles. The van der Waals surface area contributed by atoms with Crippen molar-refractivity contribution in [2.45, 2.75) is 71.1 Å². The first-order valence-corrected chi connectivity index (χ1v) is 11.1. The molecule has 0 aromatic carbocycles. The second kappa shape index (κ2) is 9.89. The maximum atomic E-state index is 12.2. The van der Waals surface area contributed by atoms with Gasteiger partial charge in [-0.05, 0) is 72.5 Å². The Balaban J connectivity index is 1.49. The van der Waals surface area contributed by atoms with Gasteiger partial charge in [0.1, 0.15) is 0 Å². The number of hydrogen-bond donors (Lipinski definition) is 2. The number of rotatable bonds is 5. The van der Waals surface area contributed by atoms with E-state index in [0.717, 1.165) is 44.2 Å². The van der Waals surface area contributed by atoms with E-state index in [9.17, 15) is 4.79 Å². The van der Waals surface area contributed by atoms with Crippen molar-refractivity contribution < 1.29 is 4.79 Å². The molecule has 27 heavy (non-hydrogen) atoms. The van der Waals surface area contributed by atoms with E-state index in [4.69, 9.17) is 0 Å². The Hall–Kier alpha value is -1.11. The van der Waals surface area contributed by atoms with Gasteiger partial charge in [0, 0.05) is 38.3 Å². The third-order valence-electron chi connectivity index (χ3n) is 6.44. The lowest BCUT2D eigenvalue weighted by atomic mass is 10.0. The van der Waals surface area contributed by atoms with Gasteiger partial charge < -0.3 is 15.5 Å². The molecular formula is C21H39N5O. The molecule has 2 N–H and O–H groups in total. The van der Waals surface area contributed by atoms with Crippen LogP contribution in [-0.4, -0.2) is 84.7 Å². The zero-order chi connectivity index (χ0) is 19.2. The van der Waals surface area contributed by atoms with E-state index in [1.165, 1.54) is 38.9 Å².